The van der Waals surface area contributed by atoms with Crippen LogP contribution in [-0.2, 0) is 6.42 Å². The molecule has 0 saturated carbocycles. The van der Waals surface area contributed by atoms with Gasteiger partial charge in [0.05, 0.1) is 5.69 Å². The number of Topliss-reactive ketones (excluding diaryl/α,β-unsaturated/α-hetero) is 1. The summed E-state index contributed by atoms with van der Waals surface area (Å²) in [6.07, 6.45) is 6.26. The summed E-state index contributed by atoms with van der Waals surface area (Å²) in [7, 11) is 0. The van der Waals surface area contributed by atoms with Gasteiger partial charge in [0.1, 0.15) is 0 Å². The minimum atomic E-state index is 0.203. The van der Waals surface area contributed by atoms with Gasteiger partial charge in [-0.2, -0.15) is 0 Å². The fourth-order valence-electron chi connectivity index (χ4n) is 3.16. The van der Waals surface area contributed by atoms with Crippen LogP contribution in [0.2, 0.25) is 0 Å². The molecule has 1 aromatic heterocycles. The Morgan fingerprint density at radius 2 is 1.95 bits per heavy atom. The lowest BCUT2D eigenvalue weighted by atomic mass is 9.87. The third kappa shape index (κ3) is 2.09. The lowest BCUT2D eigenvalue weighted by Gasteiger charge is -2.16. The molecule has 0 spiro atoms. The molecule has 0 aliphatic heterocycles. The van der Waals surface area contributed by atoms with Crippen LogP contribution in [0.1, 0.15) is 49.2 Å². The van der Waals surface area contributed by atoms with Crippen LogP contribution < -0.4 is 0 Å². The Morgan fingerprint density at radius 3 is 2.70 bits per heavy atom. The van der Waals surface area contributed by atoms with Crippen LogP contribution in [-0.4, -0.2) is 10.8 Å². The molecular weight excluding hydrogens is 246 g/mol. The number of allylic oxidation sites excluding steroid dienone is 2. The number of para-hydroxylation sites is 1. The summed E-state index contributed by atoms with van der Waals surface area (Å²) in [5, 5.41) is 1.21. The van der Waals surface area contributed by atoms with Gasteiger partial charge in [0, 0.05) is 10.9 Å². The predicted octanol–water partition coefficient (Wildman–Crippen LogP) is 4.66. The Kier molecular flexibility index (Phi) is 3.47. The Labute approximate surface area is 119 Å². The number of H-pyrrole nitrogens is 1. The number of hydrogen-bond donors (Lipinski definition) is 1. The van der Waals surface area contributed by atoms with Gasteiger partial charge < -0.3 is 4.98 Å². The zero-order valence-electron chi connectivity index (χ0n) is 12.2. The molecule has 1 N–H and O–H groups in total. The first kappa shape index (κ1) is 13.2. The lowest BCUT2D eigenvalue weighted by Crippen LogP contribution is -2.14. The van der Waals surface area contributed by atoms with Crippen molar-refractivity contribution in [3.63, 3.8) is 0 Å². The van der Waals surface area contributed by atoms with E-state index in [9.17, 15) is 4.79 Å². The molecule has 1 aliphatic rings. The third-order valence-corrected chi connectivity index (χ3v) is 4.46. The molecule has 1 aromatic carbocycles. The molecule has 0 fully saturated rings. The van der Waals surface area contributed by atoms with Crippen molar-refractivity contribution in [3.8, 4) is 0 Å². The summed E-state index contributed by atoms with van der Waals surface area (Å²) in [5.74, 6) is 0.731. The smallest absolute Gasteiger partial charge is 0.205 e. The van der Waals surface area contributed by atoms with E-state index in [1.165, 1.54) is 10.9 Å². The van der Waals surface area contributed by atoms with Crippen molar-refractivity contribution in [1.82, 2.24) is 4.98 Å². The SMILES string of the molecule is CCC(/C=C1/CCc2c([nH]c3ccccc23)C1=O)CC. The van der Waals surface area contributed by atoms with Crippen molar-refractivity contribution in [1.29, 1.82) is 0 Å². The van der Waals surface area contributed by atoms with Gasteiger partial charge in [-0.15, -0.1) is 0 Å². The molecule has 0 bridgehead atoms. The third-order valence-electron chi connectivity index (χ3n) is 4.46. The van der Waals surface area contributed by atoms with Crippen molar-refractivity contribution in [2.24, 2.45) is 5.92 Å². The van der Waals surface area contributed by atoms with Crippen molar-refractivity contribution in [2.75, 3.05) is 0 Å². The number of ketones is 1. The van der Waals surface area contributed by atoms with E-state index in [2.05, 4.69) is 31.0 Å². The maximum atomic E-state index is 12.7. The summed E-state index contributed by atoms with van der Waals surface area (Å²) < 4.78 is 0. The Balaban J connectivity index is 2.03. The van der Waals surface area contributed by atoms with Gasteiger partial charge in [0.15, 0.2) is 0 Å². The highest BCUT2D eigenvalue weighted by Crippen LogP contribution is 2.32. The molecule has 2 aromatic rings. The molecule has 20 heavy (non-hydrogen) atoms. The van der Waals surface area contributed by atoms with Gasteiger partial charge in [-0.3, -0.25) is 4.79 Å². The monoisotopic (exact) mass is 267 g/mol. The predicted molar refractivity (Wildman–Crippen MR) is 83.1 cm³/mol. The van der Waals surface area contributed by atoms with E-state index in [4.69, 9.17) is 0 Å². The van der Waals surface area contributed by atoms with Gasteiger partial charge in [0.25, 0.3) is 0 Å². The summed E-state index contributed by atoms with van der Waals surface area (Å²) in [6.45, 7) is 4.37. The largest absolute Gasteiger partial charge is 0.352 e. The number of aromatic nitrogens is 1. The van der Waals surface area contributed by atoms with Crippen LogP contribution in [0.4, 0.5) is 0 Å². The Hall–Kier alpha value is -1.83. The van der Waals surface area contributed by atoms with E-state index >= 15 is 0 Å². The number of aromatic amines is 1. The summed E-state index contributed by atoms with van der Waals surface area (Å²) in [4.78, 5) is 16.0. The molecule has 0 saturated heterocycles. The van der Waals surface area contributed by atoms with Gasteiger partial charge in [0.2, 0.25) is 5.78 Å². The fourth-order valence-corrected chi connectivity index (χ4v) is 3.16. The number of fused-ring (bicyclic) bond motifs is 3. The number of nitrogens with one attached hydrogen (secondary N) is 1. The van der Waals surface area contributed by atoms with E-state index in [0.717, 1.165) is 42.5 Å². The van der Waals surface area contributed by atoms with Crippen LogP contribution in [0.5, 0.6) is 0 Å². The van der Waals surface area contributed by atoms with Crippen LogP contribution in [0.25, 0.3) is 10.9 Å². The topological polar surface area (TPSA) is 32.9 Å². The standard InChI is InChI=1S/C18H21NO/c1-3-12(4-2)11-13-9-10-15-14-7-5-6-8-16(14)19-17(15)18(13)20/h5-8,11-12,19H,3-4,9-10H2,1-2H3/b13-11-. The average Bonchev–Trinajstić information content (AvgIpc) is 2.86. The number of rotatable bonds is 3. The van der Waals surface area contributed by atoms with Crippen LogP contribution in [0.3, 0.4) is 0 Å². The van der Waals surface area contributed by atoms with Crippen molar-refractivity contribution in [3.05, 3.63) is 47.2 Å². The lowest BCUT2D eigenvalue weighted by molar-refractivity contribution is 0.102. The number of aryl methyl sites for hydroxylation is 1. The number of benzene rings is 1. The molecular formula is C18H21NO. The van der Waals surface area contributed by atoms with Gasteiger partial charge >= 0.3 is 0 Å². The van der Waals surface area contributed by atoms with Gasteiger partial charge in [-0.05, 0) is 48.8 Å². The quantitative estimate of drug-likeness (QED) is 0.806. The highest BCUT2D eigenvalue weighted by Gasteiger charge is 2.25. The second-order valence-corrected chi connectivity index (χ2v) is 5.62. The molecule has 3 rings (SSSR count). The van der Waals surface area contributed by atoms with Crippen molar-refractivity contribution < 1.29 is 4.79 Å². The Morgan fingerprint density at radius 1 is 1.20 bits per heavy atom. The second-order valence-electron chi connectivity index (χ2n) is 5.62. The minimum Gasteiger partial charge on any atom is -0.352 e. The van der Waals surface area contributed by atoms with Gasteiger partial charge in [-0.25, -0.2) is 0 Å². The Bertz CT molecular complexity index is 674. The summed E-state index contributed by atoms with van der Waals surface area (Å²) >= 11 is 0. The van der Waals surface area contributed by atoms with Gasteiger partial charge in [-0.1, -0.05) is 38.1 Å². The molecule has 0 radical (unpaired) electrons. The summed E-state index contributed by atoms with van der Waals surface area (Å²) in [5.41, 5.74) is 4.09. The normalized spacial score (nSPS) is 17.1. The number of carbonyl (C=O) groups is 1. The average molecular weight is 267 g/mol. The summed E-state index contributed by atoms with van der Waals surface area (Å²) in [6, 6.07) is 8.20. The van der Waals surface area contributed by atoms with Crippen molar-refractivity contribution >= 4 is 16.7 Å². The molecule has 0 atom stereocenters. The molecule has 1 aliphatic carbocycles. The molecule has 0 amide bonds. The molecule has 104 valence electrons. The van der Waals surface area contributed by atoms with Crippen LogP contribution in [0.15, 0.2) is 35.9 Å². The molecule has 2 nitrogen and oxygen atoms in total. The zero-order chi connectivity index (χ0) is 14.1. The maximum absolute atomic E-state index is 12.7. The highest BCUT2D eigenvalue weighted by molar-refractivity contribution is 6.12. The molecule has 2 heteroatoms. The van der Waals surface area contributed by atoms with E-state index in [-0.39, 0.29) is 5.78 Å². The first-order valence-electron chi connectivity index (χ1n) is 7.59. The number of carbonyl (C=O) groups excluding carboxylic acids is 1. The first-order valence-corrected chi connectivity index (χ1v) is 7.59. The van der Waals surface area contributed by atoms with E-state index in [0.29, 0.717) is 5.92 Å². The van der Waals surface area contributed by atoms with E-state index in [1.54, 1.807) is 0 Å². The molecule has 0 unspecified atom stereocenters. The maximum Gasteiger partial charge on any atom is 0.205 e. The van der Waals surface area contributed by atoms with E-state index < -0.39 is 0 Å². The van der Waals surface area contributed by atoms with E-state index in [1.807, 2.05) is 18.2 Å². The van der Waals surface area contributed by atoms with Crippen molar-refractivity contribution in [2.45, 2.75) is 39.5 Å². The van der Waals surface area contributed by atoms with Crippen LogP contribution in [0, 0.1) is 5.92 Å². The number of hydrogen-bond acceptors (Lipinski definition) is 1. The second kappa shape index (κ2) is 5.28. The first-order chi connectivity index (χ1) is 9.74. The molecule has 1 heterocycles. The minimum absolute atomic E-state index is 0.203. The van der Waals surface area contributed by atoms with Crippen LogP contribution >= 0.6 is 0 Å². The zero-order valence-corrected chi connectivity index (χ0v) is 12.2. The highest BCUT2D eigenvalue weighted by atomic mass is 16.1. The fraction of sp³-hybridized carbons (Fsp3) is 0.389.